The molecule has 1 unspecified atom stereocenters. The monoisotopic (exact) mass is 327 g/mol. The first-order valence-corrected chi connectivity index (χ1v) is 8.01. The van der Waals surface area contributed by atoms with Gasteiger partial charge in [-0.2, -0.15) is 0 Å². The Hall–Kier alpha value is -2.53. The topological polar surface area (TPSA) is 59.0 Å². The number of hydrogen-bond donors (Lipinski definition) is 1. The van der Waals surface area contributed by atoms with Crippen molar-refractivity contribution >= 4 is 11.6 Å². The molecule has 0 fully saturated rings. The van der Waals surface area contributed by atoms with Gasteiger partial charge in [-0.3, -0.25) is 4.79 Å². The SMILES string of the molecule is CN(C(=O)CC(CCO)c1ccc2c(c1)OCO2)c1ccccc1. The Morgan fingerprint density at radius 3 is 2.67 bits per heavy atom. The highest BCUT2D eigenvalue weighted by Gasteiger charge is 2.22. The molecule has 2 aromatic rings. The van der Waals surface area contributed by atoms with E-state index in [0.29, 0.717) is 24.3 Å². The van der Waals surface area contributed by atoms with E-state index in [4.69, 9.17) is 9.47 Å². The molecular formula is C19H21NO4. The maximum atomic E-state index is 12.6. The van der Waals surface area contributed by atoms with E-state index in [-0.39, 0.29) is 25.2 Å². The van der Waals surface area contributed by atoms with Gasteiger partial charge in [-0.25, -0.2) is 0 Å². The van der Waals surface area contributed by atoms with Crippen LogP contribution in [0.3, 0.4) is 0 Å². The van der Waals surface area contributed by atoms with Crippen molar-refractivity contribution in [2.24, 2.45) is 0 Å². The first-order chi connectivity index (χ1) is 11.7. The van der Waals surface area contributed by atoms with Crippen LogP contribution in [-0.2, 0) is 4.79 Å². The molecule has 0 aromatic heterocycles. The van der Waals surface area contributed by atoms with Crippen molar-refractivity contribution in [2.75, 3.05) is 25.3 Å². The number of ether oxygens (including phenoxy) is 2. The minimum atomic E-state index is -0.0665. The summed E-state index contributed by atoms with van der Waals surface area (Å²) in [4.78, 5) is 14.3. The number of rotatable bonds is 6. The molecule has 0 bridgehead atoms. The molecule has 5 nitrogen and oxygen atoms in total. The van der Waals surface area contributed by atoms with Crippen LogP contribution < -0.4 is 14.4 Å². The van der Waals surface area contributed by atoms with Crippen molar-refractivity contribution in [3.05, 3.63) is 54.1 Å². The third kappa shape index (κ3) is 3.51. The van der Waals surface area contributed by atoms with Gasteiger partial charge in [0.1, 0.15) is 0 Å². The smallest absolute Gasteiger partial charge is 0.231 e. The van der Waals surface area contributed by atoms with Crippen LogP contribution in [0.15, 0.2) is 48.5 Å². The molecule has 1 heterocycles. The largest absolute Gasteiger partial charge is 0.454 e. The summed E-state index contributed by atoms with van der Waals surface area (Å²) < 4.78 is 10.7. The Bertz CT molecular complexity index is 702. The van der Waals surface area contributed by atoms with E-state index in [1.165, 1.54) is 0 Å². The molecule has 1 N–H and O–H groups in total. The lowest BCUT2D eigenvalue weighted by Gasteiger charge is -2.22. The molecule has 3 rings (SSSR count). The number of amides is 1. The molecule has 0 aliphatic carbocycles. The van der Waals surface area contributed by atoms with Crippen molar-refractivity contribution in [1.29, 1.82) is 0 Å². The minimum absolute atomic E-state index is 0.0114. The maximum absolute atomic E-state index is 12.6. The Balaban J connectivity index is 1.75. The lowest BCUT2D eigenvalue weighted by molar-refractivity contribution is -0.118. The van der Waals surface area contributed by atoms with E-state index in [1.54, 1.807) is 11.9 Å². The van der Waals surface area contributed by atoms with Crippen LogP contribution >= 0.6 is 0 Å². The quantitative estimate of drug-likeness (QED) is 0.886. The Morgan fingerprint density at radius 2 is 1.92 bits per heavy atom. The highest BCUT2D eigenvalue weighted by molar-refractivity contribution is 5.93. The van der Waals surface area contributed by atoms with Gasteiger partial charge in [0.2, 0.25) is 12.7 Å². The summed E-state index contributed by atoms with van der Waals surface area (Å²) in [5.74, 6) is 1.36. The van der Waals surface area contributed by atoms with Gasteiger partial charge < -0.3 is 19.5 Å². The van der Waals surface area contributed by atoms with E-state index in [9.17, 15) is 9.90 Å². The molecule has 1 aliphatic rings. The number of aliphatic hydroxyl groups excluding tert-OH is 1. The molecule has 2 aromatic carbocycles. The Morgan fingerprint density at radius 1 is 1.17 bits per heavy atom. The summed E-state index contributed by atoms with van der Waals surface area (Å²) in [5, 5.41) is 9.38. The van der Waals surface area contributed by atoms with E-state index in [2.05, 4.69) is 0 Å². The molecule has 1 atom stereocenters. The first kappa shape index (κ1) is 16.3. The van der Waals surface area contributed by atoms with Gasteiger partial charge in [-0.1, -0.05) is 24.3 Å². The van der Waals surface area contributed by atoms with Crippen molar-refractivity contribution in [3.8, 4) is 11.5 Å². The summed E-state index contributed by atoms with van der Waals surface area (Å²) in [6, 6.07) is 15.2. The van der Waals surface area contributed by atoms with Crippen LogP contribution in [0.25, 0.3) is 0 Å². The highest BCUT2D eigenvalue weighted by Crippen LogP contribution is 2.36. The van der Waals surface area contributed by atoms with Crippen molar-refractivity contribution in [2.45, 2.75) is 18.8 Å². The average Bonchev–Trinajstić information content (AvgIpc) is 3.09. The van der Waals surface area contributed by atoms with Crippen molar-refractivity contribution in [1.82, 2.24) is 0 Å². The minimum Gasteiger partial charge on any atom is -0.454 e. The second-order valence-corrected chi connectivity index (χ2v) is 5.81. The predicted octanol–water partition coefficient (Wildman–Crippen LogP) is 2.93. The fraction of sp³-hybridized carbons (Fsp3) is 0.316. The molecule has 126 valence electrons. The third-order valence-electron chi connectivity index (χ3n) is 4.28. The lowest BCUT2D eigenvalue weighted by Crippen LogP contribution is -2.27. The summed E-state index contributed by atoms with van der Waals surface area (Å²) in [5.41, 5.74) is 1.83. The molecule has 1 amide bonds. The van der Waals surface area contributed by atoms with E-state index in [0.717, 1.165) is 11.3 Å². The zero-order valence-corrected chi connectivity index (χ0v) is 13.6. The second kappa shape index (κ2) is 7.36. The Labute approximate surface area is 141 Å². The van der Waals surface area contributed by atoms with Gasteiger partial charge in [0.25, 0.3) is 0 Å². The summed E-state index contributed by atoms with van der Waals surface area (Å²) in [6.07, 6.45) is 0.847. The number of aliphatic hydroxyl groups is 1. The number of anilines is 1. The number of benzene rings is 2. The number of carbonyl (C=O) groups excluding carboxylic acids is 1. The number of nitrogens with zero attached hydrogens (tertiary/aromatic N) is 1. The Kier molecular flexibility index (Phi) is 5.01. The number of hydrogen-bond acceptors (Lipinski definition) is 4. The fourth-order valence-electron chi connectivity index (χ4n) is 2.85. The predicted molar refractivity (Wildman–Crippen MR) is 91.5 cm³/mol. The van der Waals surface area contributed by atoms with Crippen LogP contribution in [0, 0.1) is 0 Å². The van der Waals surface area contributed by atoms with E-state index >= 15 is 0 Å². The first-order valence-electron chi connectivity index (χ1n) is 8.01. The zero-order valence-electron chi connectivity index (χ0n) is 13.6. The van der Waals surface area contributed by atoms with Crippen LogP contribution in [0.2, 0.25) is 0 Å². The maximum Gasteiger partial charge on any atom is 0.231 e. The van der Waals surface area contributed by atoms with Gasteiger partial charge >= 0.3 is 0 Å². The van der Waals surface area contributed by atoms with Crippen LogP contribution in [0.5, 0.6) is 11.5 Å². The molecule has 5 heteroatoms. The van der Waals surface area contributed by atoms with Gasteiger partial charge in [0.15, 0.2) is 11.5 Å². The molecule has 0 radical (unpaired) electrons. The third-order valence-corrected chi connectivity index (χ3v) is 4.28. The van der Waals surface area contributed by atoms with Gasteiger partial charge in [-0.05, 0) is 42.2 Å². The van der Waals surface area contributed by atoms with Gasteiger partial charge in [0, 0.05) is 25.8 Å². The van der Waals surface area contributed by atoms with Crippen molar-refractivity contribution < 1.29 is 19.4 Å². The van der Waals surface area contributed by atoms with Crippen LogP contribution in [0.4, 0.5) is 5.69 Å². The normalized spacial score (nSPS) is 13.6. The van der Waals surface area contributed by atoms with Crippen LogP contribution in [0.1, 0.15) is 24.3 Å². The molecule has 24 heavy (non-hydrogen) atoms. The second-order valence-electron chi connectivity index (χ2n) is 5.81. The fourth-order valence-corrected chi connectivity index (χ4v) is 2.85. The molecular weight excluding hydrogens is 306 g/mol. The van der Waals surface area contributed by atoms with Crippen molar-refractivity contribution in [3.63, 3.8) is 0 Å². The number of carbonyl (C=O) groups is 1. The molecule has 0 saturated carbocycles. The molecule has 0 saturated heterocycles. The lowest BCUT2D eigenvalue weighted by atomic mass is 9.92. The summed E-state index contributed by atoms with van der Waals surface area (Å²) in [6.45, 7) is 0.251. The van der Waals surface area contributed by atoms with E-state index < -0.39 is 0 Å². The standard InChI is InChI=1S/C19H21NO4/c1-20(16-5-3-2-4-6-16)19(22)12-15(9-10-21)14-7-8-17-18(11-14)24-13-23-17/h2-8,11,15,21H,9-10,12-13H2,1H3. The molecule has 0 spiro atoms. The summed E-state index contributed by atoms with van der Waals surface area (Å²) in [7, 11) is 1.77. The highest BCUT2D eigenvalue weighted by atomic mass is 16.7. The zero-order chi connectivity index (χ0) is 16.9. The number of para-hydroxylation sites is 1. The van der Waals surface area contributed by atoms with Crippen LogP contribution in [-0.4, -0.2) is 31.5 Å². The average molecular weight is 327 g/mol. The van der Waals surface area contributed by atoms with E-state index in [1.807, 2.05) is 48.5 Å². The molecule has 1 aliphatic heterocycles. The van der Waals surface area contributed by atoms with Gasteiger partial charge in [0.05, 0.1) is 0 Å². The number of fused-ring (bicyclic) bond motifs is 1. The summed E-state index contributed by atoms with van der Waals surface area (Å²) >= 11 is 0. The van der Waals surface area contributed by atoms with Gasteiger partial charge in [-0.15, -0.1) is 0 Å².